The first kappa shape index (κ1) is 8.44. The Kier molecular flexibility index (Phi) is 1.92. The molecule has 0 aliphatic carbocycles. The van der Waals surface area contributed by atoms with Crippen molar-refractivity contribution in [1.29, 1.82) is 0 Å². The molecule has 0 aromatic heterocycles. The van der Waals surface area contributed by atoms with Crippen molar-refractivity contribution < 1.29 is 8.78 Å². The maximum Gasteiger partial charge on any atom is 0.160 e. The van der Waals surface area contributed by atoms with Crippen LogP contribution in [0.4, 0.5) is 14.5 Å². The number of nitrogens with two attached hydrogens (primary N) is 1. The van der Waals surface area contributed by atoms with Crippen LogP contribution in [0.2, 0.25) is 0 Å². The van der Waals surface area contributed by atoms with Crippen LogP contribution in [0.15, 0.2) is 12.1 Å². The highest BCUT2D eigenvalue weighted by Crippen LogP contribution is 2.23. The standard InChI is InChI=1S/C9H10F2N2/c10-7-2-5-1-6(12)4-13-9(5)3-8(7)11/h2-3,6,13H,1,4,12H2. The van der Waals surface area contributed by atoms with E-state index < -0.39 is 11.6 Å². The number of hydrogen-bond donors (Lipinski definition) is 2. The van der Waals surface area contributed by atoms with E-state index in [1.165, 1.54) is 12.1 Å². The lowest BCUT2D eigenvalue weighted by Crippen LogP contribution is -2.35. The summed E-state index contributed by atoms with van der Waals surface area (Å²) < 4.78 is 25.5. The first-order valence-electron chi connectivity index (χ1n) is 4.14. The van der Waals surface area contributed by atoms with Crippen LogP contribution in [0, 0.1) is 11.6 Å². The monoisotopic (exact) mass is 184 g/mol. The van der Waals surface area contributed by atoms with E-state index in [1.807, 2.05) is 0 Å². The number of anilines is 1. The molecule has 70 valence electrons. The second-order valence-corrected chi connectivity index (χ2v) is 3.27. The Hall–Kier alpha value is -1.16. The lowest BCUT2D eigenvalue weighted by Gasteiger charge is -2.23. The molecule has 0 amide bonds. The van der Waals surface area contributed by atoms with Crippen LogP contribution in [0.1, 0.15) is 5.56 Å². The molecule has 0 fully saturated rings. The molecule has 0 spiro atoms. The van der Waals surface area contributed by atoms with Gasteiger partial charge in [0.15, 0.2) is 11.6 Å². The Bertz CT molecular complexity index is 339. The summed E-state index contributed by atoms with van der Waals surface area (Å²) >= 11 is 0. The summed E-state index contributed by atoms with van der Waals surface area (Å²) in [4.78, 5) is 0. The molecule has 0 radical (unpaired) electrons. The Morgan fingerprint density at radius 2 is 2.00 bits per heavy atom. The maximum atomic E-state index is 12.8. The smallest absolute Gasteiger partial charge is 0.160 e. The van der Waals surface area contributed by atoms with Gasteiger partial charge < -0.3 is 11.1 Å². The number of rotatable bonds is 0. The number of hydrogen-bond acceptors (Lipinski definition) is 2. The van der Waals surface area contributed by atoms with Crippen molar-refractivity contribution in [2.45, 2.75) is 12.5 Å². The summed E-state index contributed by atoms with van der Waals surface area (Å²) in [6.45, 7) is 0.609. The normalized spacial score (nSPS) is 20.7. The molecule has 2 nitrogen and oxygen atoms in total. The first-order chi connectivity index (χ1) is 6.16. The maximum absolute atomic E-state index is 12.8. The summed E-state index contributed by atoms with van der Waals surface area (Å²) in [7, 11) is 0. The van der Waals surface area contributed by atoms with Gasteiger partial charge in [-0.3, -0.25) is 0 Å². The van der Waals surface area contributed by atoms with E-state index in [1.54, 1.807) is 0 Å². The van der Waals surface area contributed by atoms with Crippen molar-refractivity contribution in [3.05, 3.63) is 29.3 Å². The van der Waals surface area contributed by atoms with Crippen molar-refractivity contribution in [3.8, 4) is 0 Å². The van der Waals surface area contributed by atoms with Gasteiger partial charge in [0.1, 0.15) is 0 Å². The molecule has 0 bridgehead atoms. The van der Waals surface area contributed by atoms with E-state index >= 15 is 0 Å². The summed E-state index contributed by atoms with van der Waals surface area (Å²) in [5.74, 6) is -1.63. The lowest BCUT2D eigenvalue weighted by atomic mass is 10.00. The minimum absolute atomic E-state index is 0.0163. The van der Waals surface area contributed by atoms with Gasteiger partial charge in [0.25, 0.3) is 0 Å². The highest BCUT2D eigenvalue weighted by atomic mass is 19.2. The topological polar surface area (TPSA) is 38.0 Å². The number of benzene rings is 1. The highest BCUT2D eigenvalue weighted by Gasteiger charge is 2.17. The van der Waals surface area contributed by atoms with Crippen LogP contribution in [-0.2, 0) is 6.42 Å². The van der Waals surface area contributed by atoms with Gasteiger partial charge in [0.05, 0.1) is 0 Å². The van der Waals surface area contributed by atoms with Gasteiger partial charge in [-0.05, 0) is 18.1 Å². The molecule has 0 saturated heterocycles. The van der Waals surface area contributed by atoms with Crippen LogP contribution in [0.25, 0.3) is 0 Å². The predicted octanol–water partition coefficient (Wildman–Crippen LogP) is 1.26. The highest BCUT2D eigenvalue weighted by molar-refractivity contribution is 5.54. The van der Waals surface area contributed by atoms with Crippen LogP contribution in [-0.4, -0.2) is 12.6 Å². The molecular weight excluding hydrogens is 174 g/mol. The number of fused-ring (bicyclic) bond motifs is 1. The van der Waals surface area contributed by atoms with E-state index in [0.717, 1.165) is 5.56 Å². The van der Waals surface area contributed by atoms with Crippen molar-refractivity contribution in [2.24, 2.45) is 5.73 Å². The molecular formula is C9H10F2N2. The van der Waals surface area contributed by atoms with E-state index in [-0.39, 0.29) is 6.04 Å². The molecule has 1 aromatic carbocycles. The van der Waals surface area contributed by atoms with Crippen LogP contribution in [0.5, 0.6) is 0 Å². The molecule has 13 heavy (non-hydrogen) atoms. The Labute approximate surface area is 74.7 Å². The molecule has 1 unspecified atom stereocenters. The Morgan fingerprint density at radius 1 is 1.31 bits per heavy atom. The Balaban J connectivity index is 2.43. The molecule has 3 N–H and O–H groups in total. The molecule has 0 saturated carbocycles. The van der Waals surface area contributed by atoms with Gasteiger partial charge in [-0.25, -0.2) is 8.78 Å². The molecule has 4 heteroatoms. The minimum atomic E-state index is -0.818. The zero-order chi connectivity index (χ0) is 9.42. The predicted molar refractivity (Wildman–Crippen MR) is 46.5 cm³/mol. The van der Waals surface area contributed by atoms with Crippen molar-refractivity contribution in [2.75, 3.05) is 11.9 Å². The van der Waals surface area contributed by atoms with Crippen molar-refractivity contribution in [3.63, 3.8) is 0 Å². The molecule has 1 aromatic rings. The average Bonchev–Trinajstić information content (AvgIpc) is 2.08. The van der Waals surface area contributed by atoms with Gasteiger partial charge in [-0.1, -0.05) is 0 Å². The van der Waals surface area contributed by atoms with E-state index in [9.17, 15) is 8.78 Å². The molecule has 1 aliphatic rings. The van der Waals surface area contributed by atoms with Gasteiger partial charge in [0.2, 0.25) is 0 Å². The van der Waals surface area contributed by atoms with E-state index in [0.29, 0.717) is 18.7 Å². The number of halogens is 2. The van der Waals surface area contributed by atoms with Crippen LogP contribution >= 0.6 is 0 Å². The zero-order valence-corrected chi connectivity index (χ0v) is 6.98. The second-order valence-electron chi connectivity index (χ2n) is 3.27. The zero-order valence-electron chi connectivity index (χ0n) is 6.98. The third-order valence-corrected chi connectivity index (χ3v) is 2.18. The summed E-state index contributed by atoms with van der Waals surface area (Å²) in [6, 6.07) is 2.37. The summed E-state index contributed by atoms with van der Waals surface area (Å²) in [5, 5.41) is 2.95. The van der Waals surface area contributed by atoms with Gasteiger partial charge in [-0.2, -0.15) is 0 Å². The lowest BCUT2D eigenvalue weighted by molar-refractivity contribution is 0.505. The van der Waals surface area contributed by atoms with E-state index in [2.05, 4.69) is 5.32 Å². The molecule has 1 aliphatic heterocycles. The molecule has 1 heterocycles. The van der Waals surface area contributed by atoms with Gasteiger partial charge in [0, 0.05) is 24.3 Å². The largest absolute Gasteiger partial charge is 0.383 e. The second kappa shape index (κ2) is 2.96. The first-order valence-corrected chi connectivity index (χ1v) is 4.14. The third-order valence-electron chi connectivity index (χ3n) is 2.18. The van der Waals surface area contributed by atoms with Crippen LogP contribution in [0.3, 0.4) is 0 Å². The average molecular weight is 184 g/mol. The van der Waals surface area contributed by atoms with Crippen LogP contribution < -0.4 is 11.1 Å². The molecule has 2 rings (SSSR count). The number of nitrogens with one attached hydrogen (secondary N) is 1. The summed E-state index contributed by atoms with van der Waals surface area (Å²) in [6.07, 6.45) is 0.597. The minimum Gasteiger partial charge on any atom is -0.383 e. The fourth-order valence-corrected chi connectivity index (χ4v) is 1.52. The Morgan fingerprint density at radius 3 is 2.77 bits per heavy atom. The third kappa shape index (κ3) is 1.49. The summed E-state index contributed by atoms with van der Waals surface area (Å²) in [5.41, 5.74) is 7.06. The molecule has 1 atom stereocenters. The van der Waals surface area contributed by atoms with Crippen molar-refractivity contribution >= 4 is 5.69 Å². The fourth-order valence-electron chi connectivity index (χ4n) is 1.52. The quantitative estimate of drug-likeness (QED) is 0.637. The fraction of sp³-hybridized carbons (Fsp3) is 0.333. The van der Waals surface area contributed by atoms with Gasteiger partial charge >= 0.3 is 0 Å². The SMILES string of the molecule is NC1CNc2cc(F)c(F)cc2C1. The van der Waals surface area contributed by atoms with Crippen molar-refractivity contribution in [1.82, 2.24) is 0 Å². The van der Waals surface area contributed by atoms with E-state index in [4.69, 9.17) is 5.73 Å². The van der Waals surface area contributed by atoms with Gasteiger partial charge in [-0.15, -0.1) is 0 Å².